The smallest absolute Gasteiger partial charge is 0.478 e. The summed E-state index contributed by atoms with van der Waals surface area (Å²) in [7, 11) is 0. The molecule has 0 aliphatic carbocycles. The minimum absolute atomic E-state index is 0. The van der Waals surface area contributed by atoms with Crippen molar-refractivity contribution in [1.29, 1.82) is 0 Å². The van der Waals surface area contributed by atoms with Gasteiger partial charge in [-0.25, -0.2) is 9.37 Å². The molecule has 1 atom stereocenters. The minimum atomic E-state index is -0.857. The first kappa shape index (κ1) is 19.0. The van der Waals surface area contributed by atoms with Gasteiger partial charge in [-0.2, -0.15) is 0 Å². The van der Waals surface area contributed by atoms with Gasteiger partial charge in [0.15, 0.2) is 12.8 Å². The van der Waals surface area contributed by atoms with E-state index in [0.29, 0.717) is 19.5 Å². The molecule has 92 valence electrons. The molecule has 17 heavy (non-hydrogen) atoms. The molecule has 0 aromatic heterocycles. The van der Waals surface area contributed by atoms with Gasteiger partial charge in [-0.1, -0.05) is 6.08 Å². The van der Waals surface area contributed by atoms with Crippen LogP contribution in [0.15, 0.2) is 12.7 Å². The SMILES string of the molecule is C=CCC1=[N+](C(C)O)CCN1CC(=O)O.O.[Na+]. The Labute approximate surface area is 123 Å². The number of carboxylic acids is 1. The van der Waals surface area contributed by atoms with Crippen molar-refractivity contribution in [3.8, 4) is 0 Å². The maximum Gasteiger partial charge on any atom is 1.00 e. The summed E-state index contributed by atoms with van der Waals surface area (Å²) in [5.41, 5.74) is 0. The van der Waals surface area contributed by atoms with Crippen LogP contribution in [-0.2, 0) is 4.79 Å². The van der Waals surface area contributed by atoms with Gasteiger partial charge in [0.05, 0.1) is 6.42 Å². The van der Waals surface area contributed by atoms with Crippen LogP contribution >= 0.6 is 0 Å². The van der Waals surface area contributed by atoms with Crippen LogP contribution in [0.2, 0.25) is 0 Å². The molecule has 1 rings (SSSR count). The van der Waals surface area contributed by atoms with Crippen molar-refractivity contribution in [3.63, 3.8) is 0 Å². The Morgan fingerprint density at radius 2 is 2.29 bits per heavy atom. The summed E-state index contributed by atoms with van der Waals surface area (Å²) in [5.74, 6) is -0.0218. The molecule has 0 saturated carbocycles. The number of hydrogen-bond donors (Lipinski definition) is 2. The predicted octanol–water partition coefficient (Wildman–Crippen LogP) is -4.11. The second-order valence-corrected chi connectivity index (χ2v) is 3.55. The van der Waals surface area contributed by atoms with Crippen LogP contribution in [0.25, 0.3) is 0 Å². The van der Waals surface area contributed by atoms with E-state index in [4.69, 9.17) is 5.11 Å². The van der Waals surface area contributed by atoms with Gasteiger partial charge in [-0.3, -0.25) is 4.90 Å². The summed E-state index contributed by atoms with van der Waals surface area (Å²) >= 11 is 0. The summed E-state index contributed by atoms with van der Waals surface area (Å²) in [6, 6.07) is 0. The van der Waals surface area contributed by atoms with Crippen molar-refractivity contribution >= 4 is 11.8 Å². The van der Waals surface area contributed by atoms with Crippen LogP contribution in [0, 0.1) is 0 Å². The number of hydrogen-bond acceptors (Lipinski definition) is 3. The number of amidine groups is 1. The molecule has 0 amide bonds. The normalized spacial score (nSPS) is 16.0. The Hall–Kier alpha value is -0.400. The molecule has 0 bridgehead atoms. The molecular formula is C10H19N2NaO4+2. The molecule has 0 aromatic carbocycles. The Balaban J connectivity index is 0. The molecule has 6 nitrogen and oxygen atoms in total. The van der Waals surface area contributed by atoms with Crippen molar-refractivity contribution in [1.82, 2.24) is 4.90 Å². The molecule has 0 fully saturated rings. The average molecular weight is 254 g/mol. The van der Waals surface area contributed by atoms with Gasteiger partial charge in [0.25, 0.3) is 5.84 Å². The fourth-order valence-corrected chi connectivity index (χ4v) is 1.78. The average Bonchev–Trinajstić information content (AvgIpc) is 2.48. The zero-order chi connectivity index (χ0) is 11.4. The Morgan fingerprint density at radius 1 is 1.71 bits per heavy atom. The third-order valence-electron chi connectivity index (χ3n) is 2.41. The second-order valence-electron chi connectivity index (χ2n) is 3.55. The van der Waals surface area contributed by atoms with Gasteiger partial charge < -0.3 is 15.7 Å². The molecule has 0 saturated heterocycles. The van der Waals surface area contributed by atoms with E-state index in [-0.39, 0.29) is 41.6 Å². The first-order valence-electron chi connectivity index (χ1n) is 4.94. The zero-order valence-corrected chi connectivity index (χ0v) is 12.4. The molecule has 0 aromatic rings. The van der Waals surface area contributed by atoms with Crippen molar-refractivity contribution in [3.05, 3.63) is 12.7 Å². The van der Waals surface area contributed by atoms with Crippen LogP contribution < -0.4 is 29.6 Å². The summed E-state index contributed by atoms with van der Waals surface area (Å²) in [5, 5.41) is 18.2. The summed E-state index contributed by atoms with van der Waals surface area (Å²) < 4.78 is 1.80. The molecule has 0 radical (unpaired) electrons. The molecule has 1 unspecified atom stereocenters. The minimum Gasteiger partial charge on any atom is -0.478 e. The summed E-state index contributed by atoms with van der Waals surface area (Å²) in [4.78, 5) is 12.4. The molecule has 4 N–H and O–H groups in total. The number of aliphatic hydroxyl groups excluding tert-OH is 1. The third-order valence-corrected chi connectivity index (χ3v) is 2.41. The van der Waals surface area contributed by atoms with Gasteiger partial charge in [0, 0.05) is 6.92 Å². The number of carboxylic acid groups (broad SMARTS) is 1. The molecule has 1 aliphatic rings. The van der Waals surface area contributed by atoms with Crippen LogP contribution in [0.1, 0.15) is 13.3 Å². The fourth-order valence-electron chi connectivity index (χ4n) is 1.78. The maximum atomic E-state index is 10.6. The largest absolute Gasteiger partial charge is 1.00 e. The van der Waals surface area contributed by atoms with Crippen molar-refractivity contribution in [2.75, 3.05) is 19.6 Å². The van der Waals surface area contributed by atoms with E-state index in [1.165, 1.54) is 0 Å². The summed E-state index contributed by atoms with van der Waals surface area (Å²) in [6.45, 7) is 6.58. The predicted molar refractivity (Wildman–Crippen MR) is 59.5 cm³/mol. The van der Waals surface area contributed by atoms with Gasteiger partial charge in [-0.15, -0.1) is 6.58 Å². The van der Waals surface area contributed by atoms with Crippen LogP contribution in [0.4, 0.5) is 0 Å². The monoisotopic (exact) mass is 254 g/mol. The molecular weight excluding hydrogens is 235 g/mol. The van der Waals surface area contributed by atoms with E-state index < -0.39 is 12.2 Å². The van der Waals surface area contributed by atoms with Crippen molar-refractivity contribution in [2.45, 2.75) is 19.6 Å². The number of aliphatic hydroxyl groups is 1. The van der Waals surface area contributed by atoms with Gasteiger partial charge >= 0.3 is 35.5 Å². The Kier molecular flexibility index (Phi) is 9.65. The molecule has 7 heteroatoms. The van der Waals surface area contributed by atoms with E-state index in [1.807, 2.05) is 0 Å². The van der Waals surface area contributed by atoms with Gasteiger partial charge in [0.2, 0.25) is 0 Å². The van der Waals surface area contributed by atoms with Crippen LogP contribution in [0.3, 0.4) is 0 Å². The van der Waals surface area contributed by atoms with Gasteiger partial charge in [0.1, 0.15) is 13.1 Å². The zero-order valence-electron chi connectivity index (χ0n) is 10.4. The van der Waals surface area contributed by atoms with Crippen LogP contribution in [0.5, 0.6) is 0 Å². The number of carbonyl (C=O) groups is 1. The summed E-state index contributed by atoms with van der Waals surface area (Å²) in [6.07, 6.45) is 1.71. The molecule has 1 aliphatic heterocycles. The van der Waals surface area contributed by atoms with Gasteiger partial charge in [-0.05, 0) is 0 Å². The third kappa shape index (κ3) is 5.18. The van der Waals surface area contributed by atoms with E-state index in [0.717, 1.165) is 5.84 Å². The first-order chi connectivity index (χ1) is 7.06. The fraction of sp³-hybridized carbons (Fsp3) is 0.600. The topological polar surface area (TPSA) is 95.3 Å². The molecule has 0 spiro atoms. The Bertz CT molecular complexity index is 305. The van der Waals surface area contributed by atoms with Crippen LogP contribution in [-0.4, -0.2) is 62.8 Å². The Morgan fingerprint density at radius 3 is 2.71 bits per heavy atom. The van der Waals surface area contributed by atoms with E-state index in [9.17, 15) is 9.90 Å². The second kappa shape index (κ2) is 8.66. The standard InChI is InChI=1S/C10H16N2O3.Na.H2O/c1-3-4-9-11(7-10(14)15)5-6-12(9)8(2)13;;/h3,8,13H,1,4-7H2,2H3;;1H2/q;+1;/p+1. The van der Waals surface area contributed by atoms with Crippen molar-refractivity contribution in [2.24, 2.45) is 0 Å². The number of nitrogens with zero attached hydrogens (tertiary/aromatic N) is 2. The van der Waals surface area contributed by atoms with E-state index in [1.54, 1.807) is 22.5 Å². The van der Waals surface area contributed by atoms with E-state index >= 15 is 0 Å². The van der Waals surface area contributed by atoms with E-state index in [2.05, 4.69) is 6.58 Å². The quantitative estimate of drug-likeness (QED) is 0.296. The first-order valence-corrected chi connectivity index (χ1v) is 4.94. The molecule has 1 heterocycles. The number of rotatable bonds is 5. The maximum absolute atomic E-state index is 10.6. The van der Waals surface area contributed by atoms with Crippen molar-refractivity contribution < 1.29 is 54.6 Å². The number of aliphatic carboxylic acids is 1.